The number of anilines is 1. The molecule has 0 saturated carbocycles. The molecule has 36 heavy (non-hydrogen) atoms. The van der Waals surface area contributed by atoms with Crippen molar-refractivity contribution in [3.63, 3.8) is 0 Å². The lowest BCUT2D eigenvalue weighted by Crippen LogP contribution is -2.54. The van der Waals surface area contributed by atoms with Gasteiger partial charge in [0, 0.05) is 48.4 Å². The maximum absolute atomic E-state index is 13.7. The molecule has 8 heteroatoms. The molecular weight excluding hydrogens is 456 g/mol. The Morgan fingerprint density at radius 2 is 1.58 bits per heavy atom. The molecule has 5 heterocycles. The average molecular weight is 481 g/mol. The third kappa shape index (κ3) is 2.93. The number of hydrogen-bond donors (Lipinski definition) is 0. The van der Waals surface area contributed by atoms with E-state index in [0.29, 0.717) is 36.4 Å². The topological polar surface area (TPSA) is 82.9 Å². The van der Waals surface area contributed by atoms with Crippen molar-refractivity contribution >= 4 is 23.4 Å². The Morgan fingerprint density at radius 3 is 2.44 bits per heavy atom. The number of rotatable bonds is 2. The fraction of sp³-hybridized carbons (Fsp3) is 0.286. The fourth-order valence-electron chi connectivity index (χ4n) is 6.48. The van der Waals surface area contributed by atoms with Crippen LogP contribution in [0.25, 0.3) is 0 Å². The van der Waals surface area contributed by atoms with Crippen LogP contribution in [0, 0.1) is 5.92 Å². The Balaban J connectivity index is 1.22. The average Bonchev–Trinajstić information content (AvgIpc) is 3.19. The zero-order chi connectivity index (χ0) is 24.6. The van der Waals surface area contributed by atoms with Crippen LogP contribution in [0.1, 0.15) is 50.5 Å². The highest BCUT2D eigenvalue weighted by atomic mass is 16.2. The number of carbonyl (C=O) groups is 3. The summed E-state index contributed by atoms with van der Waals surface area (Å²) in [6, 6.07) is 19.7. The molecule has 1 saturated heterocycles. The molecule has 2 aromatic carbocycles. The first-order valence-electron chi connectivity index (χ1n) is 12.3. The van der Waals surface area contributed by atoms with Crippen LogP contribution >= 0.6 is 0 Å². The summed E-state index contributed by atoms with van der Waals surface area (Å²) >= 11 is 0. The van der Waals surface area contributed by atoms with Gasteiger partial charge in [0.2, 0.25) is 5.91 Å². The molecule has 0 N–H and O–H groups in total. The Bertz CT molecular complexity index is 1510. The minimum absolute atomic E-state index is 0.00390. The van der Waals surface area contributed by atoms with Crippen molar-refractivity contribution in [3.8, 4) is 0 Å². The highest BCUT2D eigenvalue weighted by Crippen LogP contribution is 2.45. The molecule has 1 fully saturated rings. The first kappa shape index (κ1) is 21.1. The summed E-state index contributed by atoms with van der Waals surface area (Å²) in [5.41, 5.74) is 3.27. The Morgan fingerprint density at radius 1 is 0.806 bits per heavy atom. The second-order valence-electron chi connectivity index (χ2n) is 10.1. The van der Waals surface area contributed by atoms with Gasteiger partial charge in [-0.25, -0.2) is 0 Å². The summed E-state index contributed by atoms with van der Waals surface area (Å²) in [6.07, 6.45) is 0.297. The zero-order valence-corrected chi connectivity index (χ0v) is 19.5. The van der Waals surface area contributed by atoms with E-state index in [0.717, 1.165) is 17.7 Å². The minimum Gasteiger partial charge on any atom is -0.340 e. The molecule has 3 amide bonds. The number of nitrogens with zero attached hydrogens (tertiary/aromatic N) is 4. The second-order valence-corrected chi connectivity index (χ2v) is 10.1. The van der Waals surface area contributed by atoms with E-state index >= 15 is 0 Å². The van der Waals surface area contributed by atoms with E-state index in [-0.39, 0.29) is 41.7 Å². The summed E-state index contributed by atoms with van der Waals surface area (Å²) in [5.74, 6) is -0.260. The number of para-hydroxylation sites is 1. The molecule has 8 nitrogen and oxygen atoms in total. The summed E-state index contributed by atoms with van der Waals surface area (Å²) in [7, 11) is 0. The van der Waals surface area contributed by atoms with Crippen molar-refractivity contribution in [2.75, 3.05) is 24.5 Å². The number of carbonyl (C=O) groups excluding carboxylic acids is 3. The number of amides is 3. The highest BCUT2D eigenvalue weighted by molar-refractivity contribution is 6.17. The van der Waals surface area contributed by atoms with Gasteiger partial charge in [-0.05, 0) is 36.6 Å². The number of benzene rings is 2. The van der Waals surface area contributed by atoms with E-state index in [1.165, 1.54) is 4.90 Å². The number of hydrogen-bond acceptors (Lipinski definition) is 4. The molecule has 180 valence electrons. The maximum atomic E-state index is 13.7. The smallest absolute Gasteiger partial charge is 0.260 e. The normalized spacial score (nSPS) is 23.7. The molecule has 7 rings (SSSR count). The molecular formula is C28H24N4O4. The van der Waals surface area contributed by atoms with Crippen LogP contribution < -0.4 is 10.5 Å². The summed E-state index contributed by atoms with van der Waals surface area (Å²) in [6.45, 7) is 1.56. The second kappa shape index (κ2) is 7.65. The van der Waals surface area contributed by atoms with Gasteiger partial charge in [-0.3, -0.25) is 24.1 Å². The van der Waals surface area contributed by atoms with Crippen LogP contribution in [0.4, 0.5) is 5.69 Å². The first-order valence-corrected chi connectivity index (χ1v) is 12.3. The van der Waals surface area contributed by atoms with Crippen molar-refractivity contribution in [1.82, 2.24) is 14.4 Å². The van der Waals surface area contributed by atoms with Crippen LogP contribution in [-0.2, 0) is 11.3 Å². The van der Waals surface area contributed by atoms with Crippen LogP contribution in [0.5, 0.6) is 0 Å². The summed E-state index contributed by atoms with van der Waals surface area (Å²) < 4.78 is 1.84. The van der Waals surface area contributed by atoms with Crippen molar-refractivity contribution in [2.24, 2.45) is 5.92 Å². The quantitative estimate of drug-likeness (QED) is 0.565. The van der Waals surface area contributed by atoms with Crippen molar-refractivity contribution in [3.05, 3.63) is 99.5 Å². The third-order valence-corrected chi connectivity index (χ3v) is 8.02. The molecule has 0 aliphatic carbocycles. The summed E-state index contributed by atoms with van der Waals surface area (Å²) in [4.78, 5) is 58.1. The van der Waals surface area contributed by atoms with Crippen LogP contribution in [0.15, 0.2) is 71.5 Å². The van der Waals surface area contributed by atoms with Gasteiger partial charge in [0.05, 0.1) is 11.3 Å². The van der Waals surface area contributed by atoms with Gasteiger partial charge in [-0.15, -0.1) is 0 Å². The monoisotopic (exact) mass is 480 g/mol. The van der Waals surface area contributed by atoms with Gasteiger partial charge in [0.25, 0.3) is 17.4 Å². The van der Waals surface area contributed by atoms with Gasteiger partial charge >= 0.3 is 0 Å². The number of piperidine rings is 1. The first-order chi connectivity index (χ1) is 17.5. The highest BCUT2D eigenvalue weighted by Gasteiger charge is 2.48. The minimum atomic E-state index is -0.649. The van der Waals surface area contributed by atoms with Gasteiger partial charge in [-0.2, -0.15) is 0 Å². The van der Waals surface area contributed by atoms with Crippen LogP contribution in [0.3, 0.4) is 0 Å². The SMILES string of the molecule is O=C(CN1C(=O)c2ccccc2N2C(=O)c3ccccc3[C@@H]12)N1C[C@H]2C[C@@H](C1)c1cccc(=O)n1C2. The molecule has 4 aliphatic heterocycles. The van der Waals surface area contributed by atoms with Crippen molar-refractivity contribution in [1.29, 1.82) is 0 Å². The lowest BCUT2D eigenvalue weighted by Gasteiger charge is -2.44. The van der Waals surface area contributed by atoms with E-state index in [2.05, 4.69) is 0 Å². The number of likely N-dealkylation sites (tertiary alicyclic amines) is 1. The molecule has 4 aliphatic rings. The number of fused-ring (bicyclic) bond motifs is 9. The molecule has 3 aromatic rings. The van der Waals surface area contributed by atoms with Gasteiger partial charge in [0.1, 0.15) is 12.7 Å². The van der Waals surface area contributed by atoms with Crippen LogP contribution in [0.2, 0.25) is 0 Å². The van der Waals surface area contributed by atoms with E-state index in [9.17, 15) is 19.2 Å². The maximum Gasteiger partial charge on any atom is 0.260 e. The lowest BCUT2D eigenvalue weighted by atomic mass is 9.83. The molecule has 0 radical (unpaired) electrons. The molecule has 2 bridgehead atoms. The fourth-order valence-corrected chi connectivity index (χ4v) is 6.48. The van der Waals surface area contributed by atoms with Crippen molar-refractivity contribution in [2.45, 2.75) is 25.0 Å². The Hall–Kier alpha value is -4.20. The lowest BCUT2D eigenvalue weighted by molar-refractivity contribution is -0.135. The number of aromatic nitrogens is 1. The van der Waals surface area contributed by atoms with Crippen molar-refractivity contribution < 1.29 is 14.4 Å². The van der Waals surface area contributed by atoms with Gasteiger partial charge in [0.15, 0.2) is 0 Å². The molecule has 3 atom stereocenters. The molecule has 1 aromatic heterocycles. The van der Waals surface area contributed by atoms with E-state index in [1.807, 2.05) is 39.8 Å². The standard InChI is InChI=1S/C28H24N4O4/c33-24-11-5-10-22-18-12-17(14-30(22)24)13-29(15-18)25(34)16-31-26-19-6-1-2-7-20(19)28(36)32(26)23-9-4-3-8-21(23)27(31)35/h1-11,17-18,26H,12-16H2/t17-,18+,26+/m1/s1. The largest absolute Gasteiger partial charge is 0.340 e. The predicted molar refractivity (Wildman–Crippen MR) is 132 cm³/mol. The van der Waals surface area contributed by atoms with Gasteiger partial charge < -0.3 is 14.4 Å². The van der Waals surface area contributed by atoms with E-state index in [4.69, 9.17) is 0 Å². The van der Waals surface area contributed by atoms with E-state index < -0.39 is 6.17 Å². The Labute approximate surface area is 207 Å². The predicted octanol–water partition coefficient (Wildman–Crippen LogP) is 2.61. The van der Waals surface area contributed by atoms with E-state index in [1.54, 1.807) is 41.3 Å². The Kier molecular flexibility index (Phi) is 4.49. The molecule has 0 spiro atoms. The van der Waals surface area contributed by atoms with Crippen LogP contribution in [-0.4, -0.2) is 51.7 Å². The van der Waals surface area contributed by atoms with Gasteiger partial charge in [-0.1, -0.05) is 36.4 Å². The number of pyridine rings is 1. The zero-order valence-electron chi connectivity index (χ0n) is 19.5. The summed E-state index contributed by atoms with van der Waals surface area (Å²) in [5, 5.41) is 0. The third-order valence-electron chi connectivity index (χ3n) is 8.02. The molecule has 0 unspecified atom stereocenters.